The Hall–Kier alpha value is -1.71. The number of methoxy groups -OCH3 is 1. The minimum atomic E-state index is 0. The Morgan fingerprint density at radius 3 is 2.48 bits per heavy atom. The van der Waals surface area contributed by atoms with Crippen LogP contribution >= 0.6 is 24.0 Å². The highest BCUT2D eigenvalue weighted by molar-refractivity contribution is 14.0. The van der Waals surface area contributed by atoms with Crippen LogP contribution in [-0.4, -0.2) is 81.6 Å². The number of amides is 1. The van der Waals surface area contributed by atoms with Gasteiger partial charge in [0.25, 0.3) is 0 Å². The van der Waals surface area contributed by atoms with Gasteiger partial charge in [-0.2, -0.15) is 0 Å². The molecule has 150 valence electrons. The molecule has 8 heteroatoms. The first-order valence-electron chi connectivity index (χ1n) is 9.22. The summed E-state index contributed by atoms with van der Waals surface area (Å²) in [7, 11) is 5.23. The maximum atomic E-state index is 11.9. The summed E-state index contributed by atoms with van der Waals surface area (Å²) in [6.07, 6.45) is 2.36. The lowest BCUT2D eigenvalue weighted by Crippen LogP contribution is -2.53. The summed E-state index contributed by atoms with van der Waals surface area (Å²) in [6.45, 7) is 3.72. The van der Waals surface area contributed by atoms with Gasteiger partial charge in [-0.3, -0.25) is 4.79 Å². The molecule has 2 aliphatic rings. The SMILES string of the molecule is COc1ccccc1N1CCN(C(=NCC(=O)N(C)C)NC2CC2)CC1.I. The number of carbonyl (C=O) groups excluding carboxylic acids is 1. The number of carbonyl (C=O) groups is 1. The molecule has 1 aliphatic carbocycles. The molecule has 7 nitrogen and oxygen atoms in total. The summed E-state index contributed by atoms with van der Waals surface area (Å²) < 4.78 is 5.49. The minimum Gasteiger partial charge on any atom is -0.495 e. The third kappa shape index (κ3) is 5.88. The summed E-state index contributed by atoms with van der Waals surface area (Å²) in [5.74, 6) is 1.79. The number of hydrogen-bond acceptors (Lipinski definition) is 4. The van der Waals surface area contributed by atoms with Gasteiger partial charge in [-0.15, -0.1) is 24.0 Å². The average molecular weight is 487 g/mol. The van der Waals surface area contributed by atoms with Crippen molar-refractivity contribution < 1.29 is 9.53 Å². The van der Waals surface area contributed by atoms with Crippen molar-refractivity contribution in [2.45, 2.75) is 18.9 Å². The molecule has 0 bridgehead atoms. The first-order valence-corrected chi connectivity index (χ1v) is 9.22. The highest BCUT2D eigenvalue weighted by Crippen LogP contribution is 2.28. The van der Waals surface area contributed by atoms with Crippen molar-refractivity contribution >= 4 is 41.5 Å². The van der Waals surface area contributed by atoms with E-state index in [0.29, 0.717) is 6.04 Å². The van der Waals surface area contributed by atoms with Crippen LogP contribution in [0.25, 0.3) is 0 Å². The summed E-state index contributed by atoms with van der Waals surface area (Å²) in [5, 5.41) is 3.49. The Morgan fingerprint density at radius 2 is 1.89 bits per heavy atom. The molecule has 1 amide bonds. The number of halogens is 1. The van der Waals surface area contributed by atoms with E-state index in [-0.39, 0.29) is 36.4 Å². The van der Waals surface area contributed by atoms with Crippen LogP contribution in [0.15, 0.2) is 29.3 Å². The molecule has 0 radical (unpaired) electrons. The number of piperazine rings is 1. The van der Waals surface area contributed by atoms with Gasteiger partial charge in [-0.05, 0) is 25.0 Å². The quantitative estimate of drug-likeness (QED) is 0.389. The molecule has 1 heterocycles. The lowest BCUT2D eigenvalue weighted by atomic mass is 10.2. The van der Waals surface area contributed by atoms with Crippen molar-refractivity contribution in [1.82, 2.24) is 15.1 Å². The van der Waals surface area contributed by atoms with Gasteiger partial charge in [-0.1, -0.05) is 12.1 Å². The molecule has 3 rings (SSSR count). The van der Waals surface area contributed by atoms with Gasteiger partial charge >= 0.3 is 0 Å². The number of ether oxygens (including phenoxy) is 1. The number of benzene rings is 1. The maximum Gasteiger partial charge on any atom is 0.243 e. The van der Waals surface area contributed by atoms with Crippen LogP contribution in [0.4, 0.5) is 5.69 Å². The van der Waals surface area contributed by atoms with Crippen LogP contribution in [0.3, 0.4) is 0 Å². The largest absolute Gasteiger partial charge is 0.495 e. The monoisotopic (exact) mass is 487 g/mol. The topological polar surface area (TPSA) is 60.4 Å². The number of guanidine groups is 1. The van der Waals surface area contributed by atoms with Crippen molar-refractivity contribution in [3.8, 4) is 5.75 Å². The molecule has 1 aliphatic heterocycles. The van der Waals surface area contributed by atoms with Gasteiger partial charge in [0.1, 0.15) is 12.3 Å². The lowest BCUT2D eigenvalue weighted by molar-refractivity contribution is -0.127. The van der Waals surface area contributed by atoms with E-state index in [2.05, 4.69) is 26.2 Å². The molecule has 0 aromatic heterocycles. The van der Waals surface area contributed by atoms with Gasteiger partial charge < -0.3 is 24.8 Å². The second-order valence-electron chi connectivity index (χ2n) is 6.99. The van der Waals surface area contributed by atoms with Crippen LogP contribution in [0, 0.1) is 0 Å². The van der Waals surface area contributed by atoms with Crippen LogP contribution in [0.2, 0.25) is 0 Å². The van der Waals surface area contributed by atoms with Crippen molar-refractivity contribution in [2.24, 2.45) is 4.99 Å². The molecular formula is C19H30IN5O2. The summed E-state index contributed by atoms with van der Waals surface area (Å²) >= 11 is 0. The zero-order valence-electron chi connectivity index (χ0n) is 16.4. The number of rotatable bonds is 5. The van der Waals surface area contributed by atoms with Crippen LogP contribution < -0.4 is 15.0 Å². The van der Waals surface area contributed by atoms with E-state index in [4.69, 9.17) is 4.74 Å². The molecule has 1 aromatic rings. The van der Waals surface area contributed by atoms with Crippen molar-refractivity contribution in [1.29, 1.82) is 0 Å². The molecule has 1 N–H and O–H groups in total. The molecule has 0 atom stereocenters. The molecule has 1 aromatic carbocycles. The average Bonchev–Trinajstić information content (AvgIpc) is 3.49. The van der Waals surface area contributed by atoms with E-state index in [9.17, 15) is 4.79 Å². The Bertz CT molecular complexity index is 655. The molecular weight excluding hydrogens is 457 g/mol. The second kappa shape index (κ2) is 10.0. The zero-order chi connectivity index (χ0) is 18.5. The molecule has 0 unspecified atom stereocenters. The summed E-state index contributed by atoms with van der Waals surface area (Å²) in [5.41, 5.74) is 1.13. The summed E-state index contributed by atoms with van der Waals surface area (Å²) in [4.78, 5) is 22.6. The minimum absolute atomic E-state index is 0. The van der Waals surface area contributed by atoms with Gasteiger partial charge in [0.05, 0.1) is 12.8 Å². The zero-order valence-corrected chi connectivity index (χ0v) is 18.7. The van der Waals surface area contributed by atoms with E-state index in [1.807, 2.05) is 18.2 Å². The Morgan fingerprint density at radius 1 is 1.22 bits per heavy atom. The number of hydrogen-bond donors (Lipinski definition) is 1. The first kappa shape index (κ1) is 21.6. The normalized spacial score (nSPS) is 17.2. The van der Waals surface area contributed by atoms with Crippen LogP contribution in [-0.2, 0) is 4.79 Å². The third-order valence-corrected chi connectivity index (χ3v) is 4.78. The standard InChI is InChI=1S/C19H29N5O2.HI/c1-22(2)18(25)14-20-19(21-15-8-9-15)24-12-10-23(11-13-24)16-6-4-5-7-17(16)26-3;/h4-7,15H,8-14H2,1-3H3,(H,20,21);1H. The summed E-state index contributed by atoms with van der Waals surface area (Å²) in [6, 6.07) is 8.64. The fourth-order valence-corrected chi connectivity index (χ4v) is 2.98. The Balaban J connectivity index is 0.00000261. The number of aliphatic imine (C=N–C) groups is 1. The highest BCUT2D eigenvalue weighted by Gasteiger charge is 2.27. The van der Waals surface area contributed by atoms with Crippen molar-refractivity contribution in [2.75, 3.05) is 58.8 Å². The van der Waals surface area contributed by atoms with Gasteiger partial charge in [-0.25, -0.2) is 4.99 Å². The second-order valence-corrected chi connectivity index (χ2v) is 6.99. The lowest BCUT2D eigenvalue weighted by Gasteiger charge is -2.38. The first-order chi connectivity index (χ1) is 12.6. The highest BCUT2D eigenvalue weighted by atomic mass is 127. The third-order valence-electron chi connectivity index (χ3n) is 4.78. The fraction of sp³-hybridized carbons (Fsp3) is 0.579. The Labute approximate surface area is 178 Å². The number of para-hydroxylation sites is 2. The van der Waals surface area contributed by atoms with E-state index in [1.54, 1.807) is 26.1 Å². The maximum absolute atomic E-state index is 11.9. The number of likely N-dealkylation sites (N-methyl/N-ethyl adjacent to an activating group) is 1. The van der Waals surface area contributed by atoms with Crippen molar-refractivity contribution in [3.05, 3.63) is 24.3 Å². The predicted molar refractivity (Wildman–Crippen MR) is 119 cm³/mol. The predicted octanol–water partition coefficient (Wildman–Crippen LogP) is 1.63. The Kier molecular flexibility index (Phi) is 8.00. The molecule has 2 fully saturated rings. The smallest absolute Gasteiger partial charge is 0.243 e. The van der Waals surface area contributed by atoms with E-state index in [1.165, 1.54) is 12.8 Å². The number of anilines is 1. The van der Waals surface area contributed by atoms with E-state index in [0.717, 1.165) is 43.6 Å². The number of nitrogens with zero attached hydrogens (tertiary/aromatic N) is 4. The van der Waals surface area contributed by atoms with E-state index >= 15 is 0 Å². The fourth-order valence-electron chi connectivity index (χ4n) is 2.98. The van der Waals surface area contributed by atoms with Gasteiger partial charge in [0.15, 0.2) is 5.96 Å². The van der Waals surface area contributed by atoms with Gasteiger partial charge in [0, 0.05) is 46.3 Å². The van der Waals surface area contributed by atoms with E-state index < -0.39 is 0 Å². The van der Waals surface area contributed by atoms with Crippen LogP contribution in [0.1, 0.15) is 12.8 Å². The molecule has 27 heavy (non-hydrogen) atoms. The molecule has 1 saturated heterocycles. The van der Waals surface area contributed by atoms with Gasteiger partial charge in [0.2, 0.25) is 5.91 Å². The molecule has 0 spiro atoms. The number of nitrogens with one attached hydrogen (secondary N) is 1. The van der Waals surface area contributed by atoms with Crippen LogP contribution in [0.5, 0.6) is 5.75 Å². The van der Waals surface area contributed by atoms with Crippen molar-refractivity contribution in [3.63, 3.8) is 0 Å². The molecule has 1 saturated carbocycles.